The van der Waals surface area contributed by atoms with Crippen LogP contribution in [0.1, 0.15) is 121 Å². The minimum Gasteiger partial charge on any atom is -0.337 e. The van der Waals surface area contributed by atoms with E-state index in [1.807, 2.05) is 22.6 Å². The van der Waals surface area contributed by atoms with Gasteiger partial charge in [0.05, 0.1) is 11.6 Å². The van der Waals surface area contributed by atoms with E-state index in [1.54, 1.807) is 6.92 Å². The highest BCUT2D eigenvalue weighted by atomic mass is 16.2. The van der Waals surface area contributed by atoms with Crippen molar-refractivity contribution in [3.05, 3.63) is 35.0 Å². The van der Waals surface area contributed by atoms with Crippen molar-refractivity contribution in [1.29, 1.82) is 0 Å². The number of hydrogen-bond acceptors (Lipinski definition) is 4. The Morgan fingerprint density at radius 1 is 1.05 bits per heavy atom. The van der Waals surface area contributed by atoms with Gasteiger partial charge >= 0.3 is 0 Å². The van der Waals surface area contributed by atoms with Crippen LogP contribution >= 0.6 is 0 Å². The molecule has 2 fully saturated rings. The van der Waals surface area contributed by atoms with Crippen molar-refractivity contribution in [2.45, 2.75) is 131 Å². The zero-order valence-electron chi connectivity index (χ0n) is 26.0. The molecule has 5 rings (SSSR count). The smallest absolute Gasteiger partial charge is 0.243 e. The Hall–Kier alpha value is -2.76. The van der Waals surface area contributed by atoms with E-state index < -0.39 is 6.04 Å². The van der Waals surface area contributed by atoms with Crippen LogP contribution in [0, 0.1) is 16.7 Å². The van der Waals surface area contributed by atoms with Crippen molar-refractivity contribution in [3.63, 3.8) is 0 Å². The second-order valence-corrected chi connectivity index (χ2v) is 14.5. The van der Waals surface area contributed by atoms with E-state index in [9.17, 15) is 19.2 Å². The molecule has 2 aliphatic heterocycles. The molecule has 6 nitrogen and oxygen atoms in total. The number of carbonyl (C=O) groups excluding carboxylic acids is 4. The minimum absolute atomic E-state index is 0.00354. The van der Waals surface area contributed by atoms with E-state index in [0.29, 0.717) is 42.9 Å². The van der Waals surface area contributed by atoms with Gasteiger partial charge in [0.1, 0.15) is 12.3 Å². The van der Waals surface area contributed by atoms with Gasteiger partial charge in [0.2, 0.25) is 5.91 Å². The van der Waals surface area contributed by atoms with Gasteiger partial charge in [-0.05, 0) is 85.8 Å². The fraction of sp³-hybridized carbons (Fsp3) is 0.657. The maximum Gasteiger partial charge on any atom is 0.243 e. The van der Waals surface area contributed by atoms with Gasteiger partial charge in [0, 0.05) is 42.5 Å². The van der Waals surface area contributed by atoms with E-state index in [4.69, 9.17) is 0 Å². The quantitative estimate of drug-likeness (QED) is 0.374. The first-order chi connectivity index (χ1) is 19.3. The van der Waals surface area contributed by atoms with Crippen molar-refractivity contribution >= 4 is 34.2 Å². The van der Waals surface area contributed by atoms with Crippen LogP contribution in [0.15, 0.2) is 18.3 Å². The van der Waals surface area contributed by atoms with Gasteiger partial charge in [-0.3, -0.25) is 19.2 Å². The number of ketones is 3. The Kier molecular flexibility index (Phi) is 8.08. The van der Waals surface area contributed by atoms with Crippen molar-refractivity contribution in [2.75, 3.05) is 0 Å². The zero-order valence-corrected chi connectivity index (χ0v) is 26.0. The van der Waals surface area contributed by atoms with E-state index >= 15 is 0 Å². The minimum atomic E-state index is -0.414. The lowest BCUT2D eigenvalue weighted by molar-refractivity contribution is -0.139. The largest absolute Gasteiger partial charge is 0.337 e. The number of piperidine rings is 1. The van der Waals surface area contributed by atoms with Crippen molar-refractivity contribution in [3.8, 4) is 0 Å². The molecule has 1 amide bonds. The van der Waals surface area contributed by atoms with Gasteiger partial charge in [-0.25, -0.2) is 0 Å². The molecule has 0 radical (unpaired) electrons. The monoisotopic (exact) mass is 560 g/mol. The summed E-state index contributed by atoms with van der Waals surface area (Å²) < 4.78 is 1.99. The summed E-state index contributed by atoms with van der Waals surface area (Å²) in [4.78, 5) is 55.0. The Morgan fingerprint density at radius 2 is 1.80 bits per heavy atom. The second kappa shape index (κ2) is 11.1. The summed E-state index contributed by atoms with van der Waals surface area (Å²) in [6, 6.07) is 4.04. The van der Waals surface area contributed by atoms with E-state index in [1.165, 1.54) is 11.1 Å². The summed E-state index contributed by atoms with van der Waals surface area (Å²) in [5, 5.41) is 0.936. The normalized spacial score (nSPS) is 26.8. The lowest BCUT2D eigenvalue weighted by atomic mass is 9.80. The number of nitrogens with zero attached hydrogens (tertiary/aromatic N) is 2. The Morgan fingerprint density at radius 3 is 2.49 bits per heavy atom. The fourth-order valence-electron chi connectivity index (χ4n) is 7.89. The van der Waals surface area contributed by atoms with Gasteiger partial charge in [-0.15, -0.1) is 0 Å². The first-order valence-electron chi connectivity index (χ1n) is 15.9. The molecule has 0 N–H and O–H groups in total. The highest BCUT2D eigenvalue weighted by Gasteiger charge is 2.66. The van der Waals surface area contributed by atoms with Crippen molar-refractivity contribution < 1.29 is 19.2 Å². The highest BCUT2D eigenvalue weighted by Crippen LogP contribution is 2.62. The molecule has 2 bridgehead atoms. The summed E-state index contributed by atoms with van der Waals surface area (Å²) in [7, 11) is 0. The van der Waals surface area contributed by atoms with Gasteiger partial charge in [-0.1, -0.05) is 47.1 Å². The molecule has 222 valence electrons. The third kappa shape index (κ3) is 5.94. The van der Waals surface area contributed by atoms with E-state index in [2.05, 4.69) is 39.8 Å². The first kappa shape index (κ1) is 29.7. The number of aryl methyl sites for hydroxylation is 1. The average Bonchev–Trinajstić information content (AvgIpc) is 3.30. The molecule has 1 saturated carbocycles. The van der Waals surface area contributed by atoms with Crippen LogP contribution in [0.4, 0.5) is 0 Å². The topological polar surface area (TPSA) is 76.5 Å². The van der Waals surface area contributed by atoms with Crippen molar-refractivity contribution in [2.24, 2.45) is 16.7 Å². The summed E-state index contributed by atoms with van der Waals surface area (Å²) in [6.45, 7) is 12.4. The summed E-state index contributed by atoms with van der Waals surface area (Å²) in [6.07, 6.45) is 10.4. The van der Waals surface area contributed by atoms with Gasteiger partial charge in [0.15, 0.2) is 11.6 Å². The Labute approximate surface area is 245 Å². The second-order valence-electron chi connectivity index (χ2n) is 14.5. The molecule has 1 aromatic carbocycles. The fourth-order valence-corrected chi connectivity index (χ4v) is 7.89. The molecular formula is C35H48N2O4. The SMILES string of the molecule is CCC(=O)[C@@H]1C[C@]23CCC(=O)CC(C)(C)CCCCc4cc(CC(C)C)cc5c(C(C)=O)cn(c45)CC(=O)N1[C@@H]2C3. The molecular weight excluding hydrogens is 512 g/mol. The molecule has 2 aromatic rings. The molecule has 1 aliphatic carbocycles. The molecule has 1 saturated heterocycles. The molecule has 3 aliphatic rings. The predicted octanol–water partition coefficient (Wildman–Crippen LogP) is 6.87. The van der Waals surface area contributed by atoms with Crippen LogP contribution in [-0.2, 0) is 33.8 Å². The van der Waals surface area contributed by atoms with Crippen LogP contribution in [0.3, 0.4) is 0 Å². The Balaban J connectivity index is 1.59. The average molecular weight is 561 g/mol. The van der Waals surface area contributed by atoms with Crippen LogP contribution in [0.25, 0.3) is 10.9 Å². The highest BCUT2D eigenvalue weighted by molar-refractivity contribution is 6.08. The molecule has 6 heteroatoms. The van der Waals surface area contributed by atoms with E-state index in [-0.39, 0.29) is 40.9 Å². The summed E-state index contributed by atoms with van der Waals surface area (Å²) in [5.41, 5.74) is 3.88. The molecule has 0 spiro atoms. The van der Waals surface area contributed by atoms with Crippen LogP contribution in [0.2, 0.25) is 0 Å². The lowest BCUT2D eigenvalue weighted by Gasteiger charge is -2.27. The number of rotatable bonds is 5. The van der Waals surface area contributed by atoms with Crippen LogP contribution in [0.5, 0.6) is 0 Å². The number of benzene rings is 1. The Bertz CT molecular complexity index is 1380. The van der Waals surface area contributed by atoms with Gasteiger partial charge in [-0.2, -0.15) is 0 Å². The third-order valence-electron chi connectivity index (χ3n) is 9.99. The van der Waals surface area contributed by atoms with Gasteiger partial charge < -0.3 is 9.47 Å². The molecule has 3 heterocycles. The number of amides is 1. The number of hydrogen-bond donors (Lipinski definition) is 0. The standard InChI is InChI=1S/C35H48N2O4/c1-7-30(40)29-18-35-13-11-26(39)17-34(5,6)12-9-8-10-25-15-24(14-22(2)3)16-27-28(23(4)38)20-36(33(25)27)21-32(41)37(29)31(35)19-35/h15-16,20,22,29,31H,7-14,17-19,21H2,1-6H3/t29-,31+,35-/m0/s1. The zero-order chi connectivity index (χ0) is 29.7. The maximum atomic E-state index is 14.1. The van der Waals surface area contributed by atoms with Crippen molar-refractivity contribution in [1.82, 2.24) is 9.47 Å². The molecule has 0 unspecified atom stereocenters. The number of carbonyl (C=O) groups is 4. The van der Waals surface area contributed by atoms with E-state index in [0.717, 1.165) is 55.8 Å². The maximum absolute atomic E-state index is 14.1. The number of aromatic nitrogens is 1. The molecule has 3 atom stereocenters. The molecule has 41 heavy (non-hydrogen) atoms. The molecule has 1 aromatic heterocycles. The van der Waals surface area contributed by atoms with Crippen LogP contribution in [-0.4, -0.2) is 44.8 Å². The number of Topliss-reactive ketones (excluding diaryl/α,β-unsaturated/α-hetero) is 3. The van der Waals surface area contributed by atoms with Crippen LogP contribution < -0.4 is 0 Å². The third-order valence-corrected chi connectivity index (χ3v) is 9.99. The van der Waals surface area contributed by atoms with Gasteiger partial charge in [0.25, 0.3) is 0 Å². The predicted molar refractivity (Wildman–Crippen MR) is 162 cm³/mol. The lowest BCUT2D eigenvalue weighted by Crippen LogP contribution is -2.44. The first-order valence-corrected chi connectivity index (χ1v) is 15.9. The summed E-state index contributed by atoms with van der Waals surface area (Å²) >= 11 is 0. The summed E-state index contributed by atoms with van der Waals surface area (Å²) in [5.74, 6) is 0.844.